The number of rotatable bonds is 4. The van der Waals surface area contributed by atoms with Crippen molar-refractivity contribution in [2.75, 3.05) is 30.0 Å². The second-order valence-electron chi connectivity index (χ2n) is 4.99. The van der Waals surface area contributed by atoms with Crippen molar-refractivity contribution in [2.45, 2.75) is 0 Å². The molecular weight excluding hydrogens is 335 g/mol. The minimum absolute atomic E-state index is 0.322. The Balaban J connectivity index is 2.16. The SMILES string of the molecule is CN(C)c1ncccc1/C=C/C(=O)Nc1cc(Cl)c(Cl)cc1N. The number of carbonyl (C=O) groups is 1. The van der Waals surface area contributed by atoms with Crippen LogP contribution in [0.25, 0.3) is 6.08 Å². The molecule has 2 aromatic rings. The molecule has 23 heavy (non-hydrogen) atoms. The summed E-state index contributed by atoms with van der Waals surface area (Å²) in [6.45, 7) is 0. The van der Waals surface area contributed by atoms with Crippen molar-refractivity contribution in [2.24, 2.45) is 0 Å². The zero-order chi connectivity index (χ0) is 17.0. The van der Waals surface area contributed by atoms with Gasteiger partial charge in [-0.1, -0.05) is 23.2 Å². The first-order valence-electron chi connectivity index (χ1n) is 6.74. The molecule has 0 aliphatic carbocycles. The highest BCUT2D eigenvalue weighted by Crippen LogP contribution is 2.30. The molecule has 0 radical (unpaired) electrons. The number of nitrogens with two attached hydrogens (primary N) is 1. The fourth-order valence-electron chi connectivity index (χ4n) is 1.92. The highest BCUT2D eigenvalue weighted by Gasteiger charge is 2.08. The average Bonchev–Trinajstić information content (AvgIpc) is 2.50. The Bertz CT molecular complexity index is 760. The molecule has 3 N–H and O–H groups in total. The lowest BCUT2D eigenvalue weighted by Crippen LogP contribution is -2.12. The van der Waals surface area contributed by atoms with Gasteiger partial charge in [0, 0.05) is 31.9 Å². The Morgan fingerprint density at radius 3 is 2.70 bits per heavy atom. The molecule has 0 saturated heterocycles. The van der Waals surface area contributed by atoms with Gasteiger partial charge in [0.25, 0.3) is 0 Å². The van der Waals surface area contributed by atoms with Crippen molar-refractivity contribution >= 4 is 52.4 Å². The number of carbonyl (C=O) groups excluding carboxylic acids is 1. The second kappa shape index (κ2) is 7.35. The molecule has 0 bridgehead atoms. The first-order chi connectivity index (χ1) is 10.9. The van der Waals surface area contributed by atoms with E-state index >= 15 is 0 Å². The molecule has 0 saturated carbocycles. The molecular formula is C16H16Cl2N4O. The van der Waals surface area contributed by atoms with Crippen LogP contribution >= 0.6 is 23.2 Å². The van der Waals surface area contributed by atoms with Gasteiger partial charge < -0.3 is 16.0 Å². The van der Waals surface area contributed by atoms with Gasteiger partial charge in [-0.05, 0) is 30.3 Å². The van der Waals surface area contributed by atoms with E-state index in [0.717, 1.165) is 11.4 Å². The Morgan fingerprint density at radius 2 is 2.00 bits per heavy atom. The number of pyridine rings is 1. The van der Waals surface area contributed by atoms with Crippen LogP contribution in [0.5, 0.6) is 0 Å². The van der Waals surface area contributed by atoms with Crippen LogP contribution in [-0.2, 0) is 4.79 Å². The van der Waals surface area contributed by atoms with Gasteiger partial charge in [-0.2, -0.15) is 0 Å². The molecule has 0 aliphatic heterocycles. The predicted octanol–water partition coefficient (Wildman–Crippen LogP) is 3.69. The van der Waals surface area contributed by atoms with Crippen LogP contribution in [0.3, 0.4) is 0 Å². The first kappa shape index (κ1) is 17.1. The lowest BCUT2D eigenvalue weighted by molar-refractivity contribution is -0.111. The van der Waals surface area contributed by atoms with Crippen LogP contribution in [0.1, 0.15) is 5.56 Å². The largest absolute Gasteiger partial charge is 0.397 e. The van der Waals surface area contributed by atoms with Crippen molar-refractivity contribution in [3.8, 4) is 0 Å². The molecule has 1 aromatic carbocycles. The van der Waals surface area contributed by atoms with Crippen LogP contribution in [-0.4, -0.2) is 25.0 Å². The molecule has 7 heteroatoms. The normalized spacial score (nSPS) is 10.8. The van der Waals surface area contributed by atoms with E-state index in [9.17, 15) is 4.79 Å². The molecule has 1 heterocycles. The number of amides is 1. The molecule has 0 spiro atoms. The standard InChI is InChI=1S/C16H16Cl2N4O/c1-22(2)16-10(4-3-7-20-16)5-6-15(23)21-14-9-12(18)11(17)8-13(14)19/h3-9H,19H2,1-2H3,(H,21,23)/b6-5+. The predicted molar refractivity (Wildman–Crippen MR) is 97.1 cm³/mol. The number of nitrogen functional groups attached to an aromatic ring is 1. The lowest BCUT2D eigenvalue weighted by atomic mass is 10.2. The Labute approximate surface area is 144 Å². The first-order valence-corrected chi connectivity index (χ1v) is 7.50. The van der Waals surface area contributed by atoms with E-state index in [1.165, 1.54) is 18.2 Å². The fraction of sp³-hybridized carbons (Fsp3) is 0.125. The molecule has 0 unspecified atom stereocenters. The maximum Gasteiger partial charge on any atom is 0.248 e. The summed E-state index contributed by atoms with van der Waals surface area (Å²) >= 11 is 11.8. The van der Waals surface area contributed by atoms with E-state index < -0.39 is 0 Å². The van der Waals surface area contributed by atoms with Gasteiger partial charge in [0.05, 0.1) is 21.4 Å². The number of benzene rings is 1. The third kappa shape index (κ3) is 4.37. The van der Waals surface area contributed by atoms with Crippen molar-refractivity contribution in [3.05, 3.63) is 52.1 Å². The number of nitrogens with zero attached hydrogens (tertiary/aromatic N) is 2. The van der Waals surface area contributed by atoms with E-state index in [0.29, 0.717) is 21.4 Å². The minimum Gasteiger partial charge on any atom is -0.397 e. The lowest BCUT2D eigenvalue weighted by Gasteiger charge is -2.13. The van der Waals surface area contributed by atoms with Crippen LogP contribution in [0.4, 0.5) is 17.2 Å². The Hall–Kier alpha value is -2.24. The highest BCUT2D eigenvalue weighted by molar-refractivity contribution is 6.42. The Kier molecular flexibility index (Phi) is 5.47. The molecule has 2 rings (SSSR count). The molecule has 5 nitrogen and oxygen atoms in total. The summed E-state index contributed by atoms with van der Waals surface area (Å²) in [5, 5.41) is 3.33. The Morgan fingerprint density at radius 1 is 1.30 bits per heavy atom. The number of halogens is 2. The number of anilines is 3. The van der Waals surface area contributed by atoms with Gasteiger partial charge in [-0.3, -0.25) is 4.79 Å². The number of aromatic nitrogens is 1. The van der Waals surface area contributed by atoms with Crippen LogP contribution in [0, 0.1) is 0 Å². The maximum atomic E-state index is 12.1. The van der Waals surface area contributed by atoms with Gasteiger partial charge in [0.1, 0.15) is 5.82 Å². The van der Waals surface area contributed by atoms with Gasteiger partial charge in [-0.25, -0.2) is 4.98 Å². The zero-order valence-corrected chi connectivity index (χ0v) is 14.2. The summed E-state index contributed by atoms with van der Waals surface area (Å²) < 4.78 is 0. The molecule has 0 aliphatic rings. The van der Waals surface area contributed by atoms with E-state index in [1.54, 1.807) is 12.3 Å². The molecule has 0 fully saturated rings. The summed E-state index contributed by atoms with van der Waals surface area (Å²) in [6, 6.07) is 6.69. The summed E-state index contributed by atoms with van der Waals surface area (Å²) in [7, 11) is 3.77. The van der Waals surface area contributed by atoms with Crippen molar-refractivity contribution in [1.82, 2.24) is 4.98 Å². The number of hydrogen-bond donors (Lipinski definition) is 2. The zero-order valence-electron chi connectivity index (χ0n) is 12.7. The topological polar surface area (TPSA) is 71.2 Å². The van der Waals surface area contributed by atoms with Crippen LogP contribution < -0.4 is 16.0 Å². The van der Waals surface area contributed by atoms with E-state index in [4.69, 9.17) is 28.9 Å². The summed E-state index contributed by atoms with van der Waals surface area (Å²) in [4.78, 5) is 18.2. The van der Waals surface area contributed by atoms with Gasteiger partial charge in [-0.15, -0.1) is 0 Å². The quantitative estimate of drug-likeness (QED) is 0.651. The van der Waals surface area contributed by atoms with Gasteiger partial charge in [0.2, 0.25) is 5.91 Å². The molecule has 120 valence electrons. The molecule has 0 atom stereocenters. The monoisotopic (exact) mass is 350 g/mol. The van der Waals surface area contributed by atoms with Crippen molar-refractivity contribution < 1.29 is 4.79 Å². The van der Waals surface area contributed by atoms with Crippen molar-refractivity contribution in [1.29, 1.82) is 0 Å². The number of nitrogens with one attached hydrogen (secondary N) is 1. The van der Waals surface area contributed by atoms with Crippen LogP contribution in [0.15, 0.2) is 36.5 Å². The molecule has 1 aromatic heterocycles. The highest BCUT2D eigenvalue weighted by atomic mass is 35.5. The van der Waals surface area contributed by atoms with Gasteiger partial charge >= 0.3 is 0 Å². The van der Waals surface area contributed by atoms with E-state index in [1.807, 2.05) is 31.1 Å². The van der Waals surface area contributed by atoms with E-state index in [2.05, 4.69) is 10.3 Å². The fourth-order valence-corrected chi connectivity index (χ4v) is 2.26. The maximum absolute atomic E-state index is 12.1. The van der Waals surface area contributed by atoms with Gasteiger partial charge in [0.15, 0.2) is 0 Å². The third-order valence-electron chi connectivity index (χ3n) is 3.01. The van der Waals surface area contributed by atoms with Crippen molar-refractivity contribution in [3.63, 3.8) is 0 Å². The summed E-state index contributed by atoms with van der Waals surface area (Å²) in [5.41, 5.74) is 7.39. The van der Waals surface area contributed by atoms with Crippen LogP contribution in [0.2, 0.25) is 10.0 Å². The molecule has 1 amide bonds. The summed E-state index contributed by atoms with van der Waals surface area (Å²) in [6.07, 6.45) is 4.79. The number of hydrogen-bond acceptors (Lipinski definition) is 4. The second-order valence-corrected chi connectivity index (χ2v) is 5.80. The third-order valence-corrected chi connectivity index (χ3v) is 3.73. The average molecular weight is 351 g/mol. The smallest absolute Gasteiger partial charge is 0.248 e. The van der Waals surface area contributed by atoms with E-state index in [-0.39, 0.29) is 5.91 Å². The minimum atomic E-state index is -0.330. The summed E-state index contributed by atoms with van der Waals surface area (Å²) in [5.74, 6) is 0.439.